The van der Waals surface area contributed by atoms with Crippen molar-refractivity contribution in [2.45, 2.75) is 12.5 Å². The van der Waals surface area contributed by atoms with Crippen molar-refractivity contribution >= 4 is 23.9 Å². The van der Waals surface area contributed by atoms with Gasteiger partial charge in [0.1, 0.15) is 0 Å². The molecule has 0 aromatic rings. The molecule has 1 atom stereocenters. The summed E-state index contributed by atoms with van der Waals surface area (Å²) in [6, 6.07) is -1.95. The van der Waals surface area contributed by atoms with Gasteiger partial charge in [0.25, 0.3) is 0 Å². The van der Waals surface area contributed by atoms with Crippen LogP contribution in [0.2, 0.25) is 0 Å². The summed E-state index contributed by atoms with van der Waals surface area (Å²) in [6.07, 6.45) is -1.11. The van der Waals surface area contributed by atoms with Gasteiger partial charge in [-0.2, -0.15) is 0 Å². The molecule has 96 valence electrons. The molecular weight excluding hydrogens is 394 g/mol. The van der Waals surface area contributed by atoms with E-state index in [1.165, 1.54) is 0 Å². The first-order chi connectivity index (χ1) is 7.73. The maximum absolute atomic E-state index is 10.6. The van der Waals surface area contributed by atoms with Crippen LogP contribution >= 0.6 is 0 Å². The smallest absolute Gasteiger partial charge is 0.550 e. The quantitative estimate of drug-likeness (QED) is 0.359. The largest absolute Gasteiger partial charge is 1.00 e. The summed E-state index contributed by atoms with van der Waals surface area (Å²) in [6.45, 7) is -2.17. The fraction of sp³-hybridized carbons (Fsp3) is 0.500. The number of hydrogen-bond donors (Lipinski definition) is 0. The van der Waals surface area contributed by atoms with E-state index in [0.717, 1.165) is 0 Å². The molecule has 13 heteroatoms. The average Bonchev–Trinajstić information content (AvgIpc) is 2.10. The second-order valence-electron chi connectivity index (χ2n) is 3.06. The molecule has 0 amide bonds. The Labute approximate surface area is 291 Å². The molecule has 0 aromatic carbocycles. The van der Waals surface area contributed by atoms with Crippen LogP contribution in [0.15, 0.2) is 0 Å². The first-order valence-electron chi connectivity index (χ1n) is 4.28. The van der Waals surface area contributed by atoms with E-state index in [4.69, 9.17) is 0 Å². The van der Waals surface area contributed by atoms with Crippen LogP contribution in [0.1, 0.15) is 6.42 Å². The van der Waals surface area contributed by atoms with Gasteiger partial charge in [-0.15, -0.1) is 0 Å². The van der Waals surface area contributed by atoms with E-state index in [-0.39, 0.29) is 206 Å². The topological polar surface area (TPSA) is 164 Å². The Balaban J connectivity index is -0.000000213. The van der Waals surface area contributed by atoms with E-state index in [0.29, 0.717) is 4.90 Å². The molecule has 21 heavy (non-hydrogen) atoms. The maximum atomic E-state index is 10.6. The molecule has 0 aliphatic heterocycles. The number of nitrogens with zero attached hydrogens (tertiary/aromatic N) is 1. The first-order valence-corrected chi connectivity index (χ1v) is 4.28. The molecule has 0 saturated heterocycles. The zero-order chi connectivity index (χ0) is 13.6. The summed E-state index contributed by atoms with van der Waals surface area (Å²) in [5.41, 5.74) is 0. The summed E-state index contributed by atoms with van der Waals surface area (Å²) in [5.74, 6) is -7.26. The summed E-state index contributed by atoms with van der Waals surface area (Å²) in [5, 5.41) is 41.3. The van der Waals surface area contributed by atoms with Gasteiger partial charge in [-0.25, -0.2) is 0 Å². The van der Waals surface area contributed by atoms with Crippen molar-refractivity contribution in [2.24, 2.45) is 0 Å². The third-order valence-corrected chi connectivity index (χ3v) is 1.74. The standard InChI is InChI=1S/C8H11NO8.4K/c10-5(11)1-4(8(16)17)9(2-6(12)13)3-7(14)15;;;;/h4H,1-3H2,(H,10,11)(H,12,13)(H,14,15)(H,16,17);;;;/q;4*+1/p-4/t4-;;;;/m0..../s1. The Morgan fingerprint density at radius 1 is 0.714 bits per heavy atom. The van der Waals surface area contributed by atoms with Gasteiger partial charge < -0.3 is 39.6 Å². The number of rotatable bonds is 8. The van der Waals surface area contributed by atoms with Crippen molar-refractivity contribution in [3.63, 3.8) is 0 Å². The van der Waals surface area contributed by atoms with Gasteiger partial charge in [-0.1, -0.05) is 0 Å². The number of carbonyl (C=O) groups is 4. The first kappa shape index (κ1) is 36.3. The molecule has 0 rings (SSSR count). The van der Waals surface area contributed by atoms with E-state index in [9.17, 15) is 39.6 Å². The van der Waals surface area contributed by atoms with Crippen molar-refractivity contribution in [1.29, 1.82) is 0 Å². The van der Waals surface area contributed by atoms with Gasteiger partial charge in [-0.3, -0.25) is 4.90 Å². The molecule has 0 saturated carbocycles. The van der Waals surface area contributed by atoms with Crippen LogP contribution in [0.3, 0.4) is 0 Å². The van der Waals surface area contributed by atoms with Crippen molar-refractivity contribution in [3.8, 4) is 0 Å². The Morgan fingerprint density at radius 3 is 1.24 bits per heavy atom. The van der Waals surface area contributed by atoms with Gasteiger partial charge in [0.15, 0.2) is 0 Å². The molecule has 0 fully saturated rings. The Bertz CT molecular complexity index is 337. The predicted molar refractivity (Wildman–Crippen MR) is 40.0 cm³/mol. The number of hydrogen-bond acceptors (Lipinski definition) is 9. The molecular formula is C8H7K4NO8. The van der Waals surface area contributed by atoms with E-state index < -0.39 is 49.4 Å². The van der Waals surface area contributed by atoms with E-state index in [1.807, 2.05) is 0 Å². The van der Waals surface area contributed by atoms with Gasteiger partial charge in [-0.05, 0) is 0 Å². The Kier molecular flexibility index (Phi) is 35.8. The third kappa shape index (κ3) is 20.5. The number of carbonyl (C=O) groups excluding carboxylic acids is 4. The molecule has 0 unspecified atom stereocenters. The van der Waals surface area contributed by atoms with Crippen LogP contribution < -0.4 is 226 Å². The van der Waals surface area contributed by atoms with Gasteiger partial charge >= 0.3 is 206 Å². The molecule has 0 aromatic heterocycles. The minimum absolute atomic E-state index is 0. The molecule has 9 nitrogen and oxygen atoms in total. The van der Waals surface area contributed by atoms with Crippen molar-refractivity contribution in [3.05, 3.63) is 0 Å². The molecule has 0 bridgehead atoms. The van der Waals surface area contributed by atoms with Crippen LogP contribution in [0, 0.1) is 0 Å². The minimum Gasteiger partial charge on any atom is -0.550 e. The summed E-state index contributed by atoms with van der Waals surface area (Å²) >= 11 is 0. The fourth-order valence-corrected chi connectivity index (χ4v) is 1.13. The van der Waals surface area contributed by atoms with Gasteiger partial charge in [0.2, 0.25) is 0 Å². The number of carboxylic acids is 4. The molecule has 0 radical (unpaired) electrons. The summed E-state index contributed by atoms with van der Waals surface area (Å²) in [7, 11) is 0. The zero-order valence-electron chi connectivity index (χ0n) is 12.4. The monoisotopic (exact) mass is 401 g/mol. The number of carboxylic acid groups (broad SMARTS) is 4. The Morgan fingerprint density at radius 2 is 1.05 bits per heavy atom. The number of aliphatic carboxylic acids is 4. The molecule has 0 aliphatic rings. The molecule has 0 heterocycles. The van der Waals surface area contributed by atoms with Crippen LogP contribution in [0.25, 0.3) is 0 Å². The molecule has 0 N–H and O–H groups in total. The summed E-state index contributed by atoms with van der Waals surface area (Å²) in [4.78, 5) is 41.7. The SMILES string of the molecule is O=C([O-])C[C@@H](C(=O)[O-])N(CC(=O)[O-])CC(=O)[O-].[K+].[K+].[K+].[K+]. The normalized spacial score (nSPS) is 9.76. The third-order valence-electron chi connectivity index (χ3n) is 1.74. The summed E-state index contributed by atoms with van der Waals surface area (Å²) < 4.78 is 0. The van der Waals surface area contributed by atoms with Crippen LogP contribution in [0.5, 0.6) is 0 Å². The molecule has 0 spiro atoms. The van der Waals surface area contributed by atoms with Gasteiger partial charge in [0, 0.05) is 25.5 Å². The van der Waals surface area contributed by atoms with E-state index in [2.05, 4.69) is 0 Å². The van der Waals surface area contributed by atoms with Crippen molar-refractivity contribution in [1.82, 2.24) is 4.90 Å². The van der Waals surface area contributed by atoms with Crippen LogP contribution in [-0.2, 0) is 19.2 Å². The van der Waals surface area contributed by atoms with E-state index >= 15 is 0 Å². The zero-order valence-corrected chi connectivity index (χ0v) is 24.9. The van der Waals surface area contributed by atoms with Crippen molar-refractivity contribution in [2.75, 3.05) is 13.1 Å². The van der Waals surface area contributed by atoms with Crippen LogP contribution in [-0.4, -0.2) is 47.9 Å². The average molecular weight is 402 g/mol. The maximum Gasteiger partial charge on any atom is 1.00 e. The van der Waals surface area contributed by atoms with Crippen molar-refractivity contribution < 1.29 is 245 Å². The minimum atomic E-state index is -1.95. The van der Waals surface area contributed by atoms with E-state index in [1.54, 1.807) is 0 Å². The fourth-order valence-electron chi connectivity index (χ4n) is 1.13. The second kappa shape index (κ2) is 20.7. The van der Waals surface area contributed by atoms with Gasteiger partial charge in [0.05, 0.1) is 23.9 Å². The second-order valence-corrected chi connectivity index (χ2v) is 3.06. The molecule has 0 aliphatic carbocycles. The van der Waals surface area contributed by atoms with Crippen LogP contribution in [0.4, 0.5) is 0 Å². The Hall–Kier alpha value is 4.39. The predicted octanol–water partition coefficient (Wildman–Crippen LogP) is -18.9.